The maximum absolute atomic E-state index is 6.15. The fourth-order valence-corrected chi connectivity index (χ4v) is 2.82. The third-order valence-corrected chi connectivity index (χ3v) is 4.19. The lowest BCUT2D eigenvalue weighted by atomic mass is 10.1. The average Bonchev–Trinajstić information content (AvgIpc) is 2.57. The van der Waals surface area contributed by atoms with E-state index in [-0.39, 0.29) is 0 Å². The van der Waals surface area contributed by atoms with Crippen LogP contribution in [0.2, 0.25) is 5.02 Å². The van der Waals surface area contributed by atoms with Crippen molar-refractivity contribution in [1.29, 1.82) is 0 Å². The lowest BCUT2D eigenvalue weighted by Gasteiger charge is -2.13. The van der Waals surface area contributed by atoms with Gasteiger partial charge in [-0.2, -0.15) is 10.1 Å². The number of halogens is 1. The molecule has 0 saturated carbocycles. The summed E-state index contributed by atoms with van der Waals surface area (Å²) in [5.41, 5.74) is 4.95. The zero-order valence-electron chi connectivity index (χ0n) is 15.1. The van der Waals surface area contributed by atoms with Crippen LogP contribution in [-0.4, -0.2) is 22.3 Å². The van der Waals surface area contributed by atoms with Crippen LogP contribution in [0.25, 0.3) is 0 Å². The van der Waals surface area contributed by atoms with Gasteiger partial charge in [-0.1, -0.05) is 17.7 Å². The summed E-state index contributed by atoms with van der Waals surface area (Å²) in [7, 11) is 1.59. The van der Waals surface area contributed by atoms with Crippen molar-refractivity contribution in [3.63, 3.8) is 0 Å². The standard InChI is InChI=1S/C19H20ClN5O/c1-11-5-12(2)7-14(6-11)22-18-10-21-25-19(24-18)23-16-8-13(3)15(20)9-17(16)26-4/h5-10H,1-4H3,(H2,22,23,24,25). The molecule has 1 aromatic heterocycles. The number of methoxy groups -OCH3 is 1. The number of anilines is 4. The van der Waals surface area contributed by atoms with Gasteiger partial charge < -0.3 is 15.4 Å². The van der Waals surface area contributed by atoms with Crippen molar-refractivity contribution in [1.82, 2.24) is 15.2 Å². The van der Waals surface area contributed by atoms with Crippen LogP contribution < -0.4 is 15.4 Å². The second-order valence-corrected chi connectivity index (χ2v) is 6.50. The quantitative estimate of drug-likeness (QED) is 0.663. The van der Waals surface area contributed by atoms with Gasteiger partial charge in [-0.05, 0) is 55.7 Å². The van der Waals surface area contributed by atoms with Gasteiger partial charge in [0, 0.05) is 16.8 Å². The molecule has 134 valence electrons. The third-order valence-electron chi connectivity index (χ3n) is 3.78. The van der Waals surface area contributed by atoms with Crippen LogP contribution in [0.15, 0.2) is 36.5 Å². The number of benzene rings is 2. The van der Waals surface area contributed by atoms with Gasteiger partial charge in [-0.25, -0.2) is 0 Å². The first-order valence-corrected chi connectivity index (χ1v) is 8.48. The molecule has 26 heavy (non-hydrogen) atoms. The number of hydrogen-bond donors (Lipinski definition) is 2. The molecular formula is C19H20ClN5O. The number of nitrogens with zero attached hydrogens (tertiary/aromatic N) is 3. The van der Waals surface area contributed by atoms with E-state index in [1.54, 1.807) is 19.4 Å². The maximum atomic E-state index is 6.15. The molecule has 3 rings (SSSR count). The molecule has 0 spiro atoms. The Bertz CT molecular complexity index is 925. The monoisotopic (exact) mass is 369 g/mol. The Balaban J connectivity index is 1.85. The molecule has 3 aromatic rings. The first-order chi connectivity index (χ1) is 12.4. The van der Waals surface area contributed by atoms with Gasteiger partial charge in [0.15, 0.2) is 5.82 Å². The number of rotatable bonds is 5. The molecule has 2 aromatic carbocycles. The molecule has 2 N–H and O–H groups in total. The highest BCUT2D eigenvalue weighted by atomic mass is 35.5. The van der Waals surface area contributed by atoms with E-state index in [9.17, 15) is 0 Å². The Morgan fingerprint density at radius 1 is 0.962 bits per heavy atom. The summed E-state index contributed by atoms with van der Waals surface area (Å²) in [4.78, 5) is 4.47. The molecule has 0 radical (unpaired) electrons. The molecule has 0 atom stereocenters. The maximum Gasteiger partial charge on any atom is 0.249 e. The highest BCUT2D eigenvalue weighted by molar-refractivity contribution is 6.31. The third kappa shape index (κ3) is 4.21. The van der Waals surface area contributed by atoms with E-state index >= 15 is 0 Å². The van der Waals surface area contributed by atoms with Crippen molar-refractivity contribution >= 4 is 34.7 Å². The zero-order chi connectivity index (χ0) is 18.7. The summed E-state index contributed by atoms with van der Waals surface area (Å²) >= 11 is 6.15. The average molecular weight is 370 g/mol. The summed E-state index contributed by atoms with van der Waals surface area (Å²) in [5.74, 6) is 1.56. The van der Waals surface area contributed by atoms with E-state index in [1.165, 1.54) is 11.1 Å². The van der Waals surface area contributed by atoms with Gasteiger partial charge in [0.2, 0.25) is 5.95 Å². The smallest absolute Gasteiger partial charge is 0.249 e. The van der Waals surface area contributed by atoms with Crippen LogP contribution in [0.5, 0.6) is 5.75 Å². The lowest BCUT2D eigenvalue weighted by molar-refractivity contribution is 0.416. The minimum Gasteiger partial charge on any atom is -0.495 e. The second kappa shape index (κ2) is 7.58. The SMILES string of the molecule is COc1cc(Cl)c(C)cc1Nc1nncc(Nc2cc(C)cc(C)c2)n1. The molecule has 0 saturated heterocycles. The van der Waals surface area contributed by atoms with Gasteiger partial charge in [0.1, 0.15) is 5.75 Å². The zero-order valence-corrected chi connectivity index (χ0v) is 15.8. The Hall–Kier alpha value is -2.86. The Labute approximate surface area is 157 Å². The minimum atomic E-state index is 0.361. The van der Waals surface area contributed by atoms with E-state index in [0.717, 1.165) is 16.9 Å². The first-order valence-electron chi connectivity index (χ1n) is 8.11. The van der Waals surface area contributed by atoms with Gasteiger partial charge in [0.25, 0.3) is 0 Å². The number of ether oxygens (including phenoxy) is 1. The molecule has 0 amide bonds. The Morgan fingerprint density at radius 3 is 2.38 bits per heavy atom. The van der Waals surface area contributed by atoms with E-state index in [4.69, 9.17) is 16.3 Å². The van der Waals surface area contributed by atoms with Crippen molar-refractivity contribution in [2.45, 2.75) is 20.8 Å². The summed E-state index contributed by atoms with van der Waals surface area (Å²) in [6, 6.07) is 9.85. The largest absolute Gasteiger partial charge is 0.495 e. The fourth-order valence-electron chi connectivity index (χ4n) is 2.66. The highest BCUT2D eigenvalue weighted by Gasteiger charge is 2.10. The molecule has 0 aliphatic heterocycles. The van der Waals surface area contributed by atoms with Crippen molar-refractivity contribution in [2.24, 2.45) is 0 Å². The highest BCUT2D eigenvalue weighted by Crippen LogP contribution is 2.32. The summed E-state index contributed by atoms with van der Waals surface area (Å²) in [5, 5.41) is 15.1. The molecule has 0 aliphatic carbocycles. The van der Waals surface area contributed by atoms with Crippen LogP contribution in [0, 0.1) is 20.8 Å². The van der Waals surface area contributed by atoms with Crippen molar-refractivity contribution < 1.29 is 4.74 Å². The molecule has 6 nitrogen and oxygen atoms in total. The van der Waals surface area contributed by atoms with Gasteiger partial charge in [0.05, 0.1) is 19.0 Å². The Morgan fingerprint density at radius 2 is 1.69 bits per heavy atom. The number of aryl methyl sites for hydroxylation is 3. The van der Waals surface area contributed by atoms with Gasteiger partial charge in [-0.15, -0.1) is 5.10 Å². The van der Waals surface area contributed by atoms with Crippen LogP contribution in [0.1, 0.15) is 16.7 Å². The Kier molecular flexibility index (Phi) is 5.23. The second-order valence-electron chi connectivity index (χ2n) is 6.09. The number of aromatic nitrogens is 3. The van der Waals surface area contributed by atoms with Crippen molar-refractivity contribution in [3.8, 4) is 5.75 Å². The molecular weight excluding hydrogens is 350 g/mol. The minimum absolute atomic E-state index is 0.361. The van der Waals surface area contributed by atoms with Gasteiger partial charge in [-0.3, -0.25) is 0 Å². The van der Waals surface area contributed by atoms with E-state index in [0.29, 0.717) is 22.5 Å². The topological polar surface area (TPSA) is 72.0 Å². The van der Waals surface area contributed by atoms with E-state index < -0.39 is 0 Å². The van der Waals surface area contributed by atoms with Gasteiger partial charge >= 0.3 is 0 Å². The molecule has 1 heterocycles. The lowest BCUT2D eigenvalue weighted by Crippen LogP contribution is -2.04. The van der Waals surface area contributed by atoms with Crippen LogP contribution in [0.4, 0.5) is 23.1 Å². The first kappa shape index (κ1) is 17.9. The molecule has 0 bridgehead atoms. The fraction of sp³-hybridized carbons (Fsp3) is 0.211. The summed E-state index contributed by atoms with van der Waals surface area (Å²) in [6.07, 6.45) is 1.58. The van der Waals surface area contributed by atoms with Crippen molar-refractivity contribution in [3.05, 3.63) is 58.2 Å². The normalized spacial score (nSPS) is 10.5. The number of nitrogens with one attached hydrogen (secondary N) is 2. The van der Waals surface area contributed by atoms with E-state index in [2.05, 4.69) is 45.7 Å². The van der Waals surface area contributed by atoms with Crippen LogP contribution in [-0.2, 0) is 0 Å². The summed E-state index contributed by atoms with van der Waals surface area (Å²) in [6.45, 7) is 6.03. The van der Waals surface area contributed by atoms with Crippen LogP contribution in [0.3, 0.4) is 0 Å². The van der Waals surface area contributed by atoms with Crippen molar-refractivity contribution in [2.75, 3.05) is 17.7 Å². The van der Waals surface area contributed by atoms with E-state index in [1.807, 2.05) is 25.1 Å². The number of hydrogen-bond acceptors (Lipinski definition) is 6. The molecule has 0 aliphatic rings. The molecule has 0 unspecified atom stereocenters. The summed E-state index contributed by atoms with van der Waals surface area (Å²) < 4.78 is 5.37. The molecule has 0 fully saturated rings. The molecule has 7 heteroatoms. The van der Waals surface area contributed by atoms with Crippen LogP contribution >= 0.6 is 11.6 Å². The predicted molar refractivity (Wildman–Crippen MR) is 105 cm³/mol. The predicted octanol–water partition coefficient (Wildman–Crippen LogP) is 4.95.